The van der Waals surface area contributed by atoms with Crippen molar-refractivity contribution in [1.82, 2.24) is 5.32 Å². The minimum atomic E-state index is -4.23. The monoisotopic (exact) mass is 367 g/mol. The fourth-order valence-electron chi connectivity index (χ4n) is 2.52. The van der Waals surface area contributed by atoms with Gasteiger partial charge in [-0.1, -0.05) is 6.42 Å². The number of hydrogen-bond acceptors (Lipinski definition) is 1. The zero-order valence-electron chi connectivity index (χ0n) is 11.0. The van der Waals surface area contributed by atoms with E-state index in [9.17, 15) is 22.4 Å². The minimum absolute atomic E-state index is 0.1000. The summed E-state index contributed by atoms with van der Waals surface area (Å²) in [6.07, 6.45) is -3.31. The van der Waals surface area contributed by atoms with E-state index in [1.54, 1.807) is 0 Å². The van der Waals surface area contributed by atoms with E-state index in [0.29, 0.717) is 12.8 Å². The molecule has 1 amide bonds. The fraction of sp³-hybridized carbons (Fsp3) is 0.500. The van der Waals surface area contributed by atoms with Crippen LogP contribution in [0.4, 0.5) is 17.6 Å². The molecule has 2 rings (SSSR count). The molecule has 0 aliphatic heterocycles. The second-order valence-electron chi connectivity index (χ2n) is 5.20. The second kappa shape index (κ2) is 6.34. The van der Waals surface area contributed by atoms with Crippen molar-refractivity contribution in [2.45, 2.75) is 37.9 Å². The third-order valence-corrected chi connectivity index (χ3v) is 4.30. The molecular formula is C14H14BrF4NO. The van der Waals surface area contributed by atoms with Gasteiger partial charge < -0.3 is 5.32 Å². The van der Waals surface area contributed by atoms with Crippen LogP contribution >= 0.6 is 15.9 Å². The number of hydrogen-bond donors (Lipinski definition) is 1. The van der Waals surface area contributed by atoms with Gasteiger partial charge in [-0.2, -0.15) is 13.2 Å². The molecule has 2 atom stereocenters. The van der Waals surface area contributed by atoms with Crippen molar-refractivity contribution >= 4 is 21.8 Å². The highest BCUT2D eigenvalue weighted by Gasteiger charge is 2.42. The van der Waals surface area contributed by atoms with Crippen LogP contribution in [0.1, 0.15) is 36.0 Å². The van der Waals surface area contributed by atoms with Gasteiger partial charge in [-0.15, -0.1) is 0 Å². The molecule has 21 heavy (non-hydrogen) atoms. The van der Waals surface area contributed by atoms with Crippen LogP contribution in [-0.2, 0) is 0 Å². The molecule has 1 fully saturated rings. The molecule has 0 aromatic heterocycles. The standard InChI is InChI=1S/C14H14BrF4NO/c15-11-5-4-8(6-12(11)16)13(21)20-10-3-1-2-9(7-10)14(17,18)19/h4-6,9-10H,1-3,7H2,(H,20,21). The fourth-order valence-corrected chi connectivity index (χ4v) is 2.77. The lowest BCUT2D eigenvalue weighted by Crippen LogP contribution is -2.41. The summed E-state index contributed by atoms with van der Waals surface area (Å²) >= 11 is 2.97. The van der Waals surface area contributed by atoms with Crippen molar-refractivity contribution in [1.29, 1.82) is 0 Å². The molecule has 1 saturated carbocycles. The van der Waals surface area contributed by atoms with Gasteiger partial charge in [-0.3, -0.25) is 4.79 Å². The van der Waals surface area contributed by atoms with Crippen molar-refractivity contribution in [3.05, 3.63) is 34.1 Å². The first-order chi connectivity index (χ1) is 9.77. The predicted molar refractivity (Wildman–Crippen MR) is 73.4 cm³/mol. The van der Waals surface area contributed by atoms with E-state index < -0.39 is 29.9 Å². The topological polar surface area (TPSA) is 29.1 Å². The van der Waals surface area contributed by atoms with Crippen LogP contribution < -0.4 is 5.32 Å². The Bertz CT molecular complexity index is 532. The number of halogens is 5. The van der Waals surface area contributed by atoms with E-state index in [2.05, 4.69) is 21.2 Å². The SMILES string of the molecule is O=C(NC1CCCC(C(F)(F)F)C1)c1ccc(Br)c(F)c1. The normalized spacial score (nSPS) is 22.9. The molecule has 2 unspecified atom stereocenters. The number of carbonyl (C=O) groups excluding carboxylic acids is 1. The molecule has 1 aliphatic rings. The van der Waals surface area contributed by atoms with Gasteiger partial charge in [0.15, 0.2) is 0 Å². The molecule has 0 saturated heterocycles. The molecule has 0 heterocycles. The van der Waals surface area contributed by atoms with E-state index in [0.717, 1.165) is 6.07 Å². The minimum Gasteiger partial charge on any atom is -0.349 e. The molecular weight excluding hydrogens is 354 g/mol. The number of amides is 1. The maximum atomic E-state index is 13.4. The van der Waals surface area contributed by atoms with E-state index >= 15 is 0 Å². The van der Waals surface area contributed by atoms with Crippen LogP contribution in [0.2, 0.25) is 0 Å². The van der Waals surface area contributed by atoms with Crippen molar-refractivity contribution < 1.29 is 22.4 Å². The zero-order valence-corrected chi connectivity index (χ0v) is 12.6. The maximum absolute atomic E-state index is 13.4. The van der Waals surface area contributed by atoms with Crippen molar-refractivity contribution in [3.63, 3.8) is 0 Å². The lowest BCUT2D eigenvalue weighted by atomic mass is 9.85. The quantitative estimate of drug-likeness (QED) is 0.769. The molecule has 0 spiro atoms. The number of rotatable bonds is 2. The number of alkyl halides is 3. The van der Waals surface area contributed by atoms with Crippen molar-refractivity contribution in [3.8, 4) is 0 Å². The van der Waals surface area contributed by atoms with Crippen LogP contribution in [0, 0.1) is 11.7 Å². The Labute approximate surface area is 128 Å². The molecule has 0 bridgehead atoms. The molecule has 116 valence electrons. The summed E-state index contributed by atoms with van der Waals surface area (Å²) in [6.45, 7) is 0. The van der Waals surface area contributed by atoms with E-state index in [1.165, 1.54) is 12.1 Å². The lowest BCUT2D eigenvalue weighted by molar-refractivity contribution is -0.183. The van der Waals surface area contributed by atoms with Gasteiger partial charge in [0, 0.05) is 11.6 Å². The Morgan fingerprint density at radius 1 is 1.29 bits per heavy atom. The molecule has 0 radical (unpaired) electrons. The molecule has 2 nitrogen and oxygen atoms in total. The van der Waals surface area contributed by atoms with Gasteiger partial charge in [0.2, 0.25) is 0 Å². The summed E-state index contributed by atoms with van der Waals surface area (Å²) < 4.78 is 51.7. The second-order valence-corrected chi connectivity index (χ2v) is 6.06. The van der Waals surface area contributed by atoms with Gasteiger partial charge in [-0.05, 0) is 53.4 Å². The number of benzene rings is 1. The number of carbonyl (C=O) groups is 1. The van der Waals surface area contributed by atoms with E-state index in [1.807, 2.05) is 0 Å². The highest BCUT2D eigenvalue weighted by molar-refractivity contribution is 9.10. The Kier molecular flexibility index (Phi) is 4.91. The number of nitrogens with one attached hydrogen (secondary N) is 1. The maximum Gasteiger partial charge on any atom is 0.391 e. The summed E-state index contributed by atoms with van der Waals surface area (Å²) in [4.78, 5) is 12.0. The Morgan fingerprint density at radius 3 is 2.62 bits per heavy atom. The summed E-state index contributed by atoms with van der Waals surface area (Å²) in [5.41, 5.74) is 0.102. The van der Waals surface area contributed by atoms with E-state index in [4.69, 9.17) is 0 Å². The smallest absolute Gasteiger partial charge is 0.349 e. The van der Waals surface area contributed by atoms with E-state index in [-0.39, 0.29) is 22.9 Å². The summed E-state index contributed by atoms with van der Waals surface area (Å²) in [6, 6.07) is 3.35. The first kappa shape index (κ1) is 16.3. The summed E-state index contributed by atoms with van der Waals surface area (Å²) in [7, 11) is 0. The first-order valence-electron chi connectivity index (χ1n) is 6.60. The van der Waals surface area contributed by atoms with Crippen LogP contribution in [0.3, 0.4) is 0 Å². The third kappa shape index (κ3) is 4.18. The van der Waals surface area contributed by atoms with Crippen LogP contribution in [0.15, 0.2) is 22.7 Å². The predicted octanol–water partition coefficient (Wildman–Crippen LogP) is 4.44. The van der Waals surface area contributed by atoms with Crippen LogP contribution in [0.25, 0.3) is 0 Å². The molecule has 7 heteroatoms. The average Bonchev–Trinajstić information content (AvgIpc) is 2.41. The van der Waals surface area contributed by atoms with Crippen molar-refractivity contribution in [2.75, 3.05) is 0 Å². The zero-order chi connectivity index (χ0) is 15.6. The molecule has 1 aromatic carbocycles. The summed E-state index contributed by atoms with van der Waals surface area (Å²) in [5, 5.41) is 2.56. The Morgan fingerprint density at radius 2 is 2.00 bits per heavy atom. The lowest BCUT2D eigenvalue weighted by Gasteiger charge is -2.31. The highest BCUT2D eigenvalue weighted by atomic mass is 79.9. The van der Waals surface area contributed by atoms with Crippen LogP contribution in [-0.4, -0.2) is 18.1 Å². The third-order valence-electron chi connectivity index (χ3n) is 3.65. The highest BCUT2D eigenvalue weighted by Crippen LogP contribution is 2.37. The molecule has 1 aliphatic carbocycles. The summed E-state index contributed by atoms with van der Waals surface area (Å²) in [5.74, 6) is -2.51. The first-order valence-corrected chi connectivity index (χ1v) is 7.39. The van der Waals surface area contributed by atoms with Crippen LogP contribution in [0.5, 0.6) is 0 Å². The van der Waals surface area contributed by atoms with Gasteiger partial charge in [0.05, 0.1) is 10.4 Å². The Hall–Kier alpha value is -1.11. The Balaban J connectivity index is 2.00. The van der Waals surface area contributed by atoms with Gasteiger partial charge >= 0.3 is 6.18 Å². The molecule has 1 aromatic rings. The van der Waals surface area contributed by atoms with Gasteiger partial charge in [0.1, 0.15) is 5.82 Å². The average molecular weight is 368 g/mol. The van der Waals surface area contributed by atoms with Gasteiger partial charge in [0.25, 0.3) is 5.91 Å². The van der Waals surface area contributed by atoms with Gasteiger partial charge in [-0.25, -0.2) is 4.39 Å². The largest absolute Gasteiger partial charge is 0.391 e. The van der Waals surface area contributed by atoms with Crippen molar-refractivity contribution in [2.24, 2.45) is 5.92 Å². The molecule has 1 N–H and O–H groups in total.